The second-order valence-corrected chi connectivity index (χ2v) is 4.66. The number of ether oxygens (including phenoxy) is 3. The Kier molecular flexibility index (Phi) is 9.68. The van der Waals surface area contributed by atoms with Crippen molar-refractivity contribution in [2.24, 2.45) is 5.73 Å². The molecular weight excluding hydrogens is 222 g/mol. The van der Waals surface area contributed by atoms with Gasteiger partial charge in [0.1, 0.15) is 0 Å². The number of aliphatic hydroxyl groups is 1. The minimum Gasteiger partial charge on any atom is -0.394 e. The minimum absolute atomic E-state index is 0.0275. The highest BCUT2D eigenvalue weighted by molar-refractivity contribution is 4.79. The first-order valence-electron chi connectivity index (χ1n) is 6.10. The van der Waals surface area contributed by atoms with Crippen LogP contribution in [0.15, 0.2) is 0 Å². The second-order valence-electron chi connectivity index (χ2n) is 4.66. The summed E-state index contributed by atoms with van der Waals surface area (Å²) in [6.45, 7) is 6.27. The van der Waals surface area contributed by atoms with Gasteiger partial charge in [-0.1, -0.05) is 0 Å². The summed E-state index contributed by atoms with van der Waals surface area (Å²) in [5.74, 6) is 0. The van der Waals surface area contributed by atoms with Gasteiger partial charge < -0.3 is 25.1 Å². The highest BCUT2D eigenvalue weighted by atomic mass is 16.5. The van der Waals surface area contributed by atoms with Gasteiger partial charge in [0, 0.05) is 25.9 Å². The third-order valence-electron chi connectivity index (χ3n) is 2.38. The van der Waals surface area contributed by atoms with Crippen LogP contribution in [0.5, 0.6) is 0 Å². The number of hydrogen-bond acceptors (Lipinski definition) is 5. The van der Waals surface area contributed by atoms with Crippen LogP contribution in [-0.2, 0) is 14.2 Å². The van der Waals surface area contributed by atoms with Crippen LogP contribution in [0.4, 0.5) is 0 Å². The molecule has 0 aliphatic heterocycles. The van der Waals surface area contributed by atoms with E-state index in [4.69, 9.17) is 25.1 Å². The zero-order valence-electron chi connectivity index (χ0n) is 11.3. The van der Waals surface area contributed by atoms with Crippen LogP contribution in [-0.4, -0.2) is 56.9 Å². The monoisotopic (exact) mass is 249 g/mol. The summed E-state index contributed by atoms with van der Waals surface area (Å²) in [6.07, 6.45) is 1.56. The van der Waals surface area contributed by atoms with Crippen molar-refractivity contribution in [1.82, 2.24) is 0 Å². The summed E-state index contributed by atoms with van der Waals surface area (Å²) in [4.78, 5) is 0. The number of methoxy groups -OCH3 is 1. The van der Waals surface area contributed by atoms with Gasteiger partial charge in [0.2, 0.25) is 0 Å². The Balaban J connectivity index is 3.36. The summed E-state index contributed by atoms with van der Waals surface area (Å²) in [6, 6.07) is 0. The smallest absolute Gasteiger partial charge is 0.0704 e. The highest BCUT2D eigenvalue weighted by Crippen LogP contribution is 2.10. The molecule has 0 heterocycles. The van der Waals surface area contributed by atoms with E-state index in [9.17, 15) is 0 Å². The van der Waals surface area contributed by atoms with Crippen LogP contribution in [0.25, 0.3) is 0 Å². The van der Waals surface area contributed by atoms with Gasteiger partial charge in [0.15, 0.2) is 0 Å². The molecule has 5 nitrogen and oxygen atoms in total. The first-order chi connectivity index (χ1) is 8.02. The number of aliphatic hydroxyl groups excluding tert-OH is 1. The fourth-order valence-electron chi connectivity index (χ4n) is 1.50. The van der Waals surface area contributed by atoms with Gasteiger partial charge in [-0.3, -0.25) is 0 Å². The Bertz CT molecular complexity index is 176. The molecule has 0 fully saturated rings. The van der Waals surface area contributed by atoms with E-state index in [0.29, 0.717) is 26.2 Å². The fourth-order valence-corrected chi connectivity index (χ4v) is 1.50. The van der Waals surface area contributed by atoms with Gasteiger partial charge >= 0.3 is 0 Å². The quantitative estimate of drug-likeness (QED) is 0.523. The third-order valence-corrected chi connectivity index (χ3v) is 2.38. The molecule has 2 atom stereocenters. The summed E-state index contributed by atoms with van der Waals surface area (Å²) in [5.41, 5.74) is 5.26. The van der Waals surface area contributed by atoms with Crippen LogP contribution in [0, 0.1) is 0 Å². The molecule has 0 saturated heterocycles. The maximum absolute atomic E-state index is 9.02. The highest BCUT2D eigenvalue weighted by Gasteiger charge is 2.20. The third kappa shape index (κ3) is 10.7. The van der Waals surface area contributed by atoms with Crippen molar-refractivity contribution >= 4 is 0 Å². The van der Waals surface area contributed by atoms with Crippen molar-refractivity contribution in [3.8, 4) is 0 Å². The Morgan fingerprint density at radius 3 is 2.53 bits per heavy atom. The van der Waals surface area contributed by atoms with Crippen molar-refractivity contribution in [2.75, 3.05) is 40.1 Å². The molecule has 17 heavy (non-hydrogen) atoms. The average Bonchev–Trinajstić information content (AvgIpc) is 2.27. The lowest BCUT2D eigenvalue weighted by Gasteiger charge is -2.25. The zero-order valence-corrected chi connectivity index (χ0v) is 11.3. The topological polar surface area (TPSA) is 73.9 Å². The number of hydrogen-bond donors (Lipinski definition) is 2. The summed E-state index contributed by atoms with van der Waals surface area (Å²) >= 11 is 0. The van der Waals surface area contributed by atoms with Crippen molar-refractivity contribution in [1.29, 1.82) is 0 Å². The van der Waals surface area contributed by atoms with Crippen LogP contribution >= 0.6 is 0 Å². The predicted octanol–water partition coefficient (Wildman–Crippen LogP) is 0.544. The molecule has 3 N–H and O–H groups in total. The van der Waals surface area contributed by atoms with Gasteiger partial charge in [0.05, 0.1) is 25.9 Å². The molecule has 0 aromatic carbocycles. The Hall–Kier alpha value is -0.200. The lowest BCUT2D eigenvalue weighted by Crippen LogP contribution is -2.43. The number of rotatable bonds is 11. The predicted molar refractivity (Wildman–Crippen MR) is 67.0 cm³/mol. The number of nitrogens with two attached hydrogens (primary N) is 1. The van der Waals surface area contributed by atoms with Crippen molar-refractivity contribution in [3.05, 3.63) is 0 Å². The van der Waals surface area contributed by atoms with E-state index in [1.54, 1.807) is 7.11 Å². The van der Waals surface area contributed by atoms with E-state index in [1.165, 1.54) is 0 Å². The van der Waals surface area contributed by atoms with Crippen LogP contribution < -0.4 is 5.73 Å². The normalized spacial score (nSPS) is 16.8. The van der Waals surface area contributed by atoms with Crippen molar-refractivity contribution < 1.29 is 19.3 Å². The van der Waals surface area contributed by atoms with Gasteiger partial charge in [-0.05, 0) is 26.7 Å². The molecule has 0 rings (SSSR count). The lowest BCUT2D eigenvalue weighted by molar-refractivity contribution is -0.00543. The summed E-state index contributed by atoms with van der Waals surface area (Å²) in [5, 5.41) is 9.02. The van der Waals surface area contributed by atoms with Gasteiger partial charge in [-0.2, -0.15) is 0 Å². The Labute approximate surface area is 104 Å². The van der Waals surface area contributed by atoms with Gasteiger partial charge in [0.25, 0.3) is 0 Å². The molecule has 0 aromatic rings. The molecule has 0 spiro atoms. The average molecular weight is 249 g/mol. The van der Waals surface area contributed by atoms with Gasteiger partial charge in [-0.15, -0.1) is 0 Å². The van der Waals surface area contributed by atoms with E-state index in [0.717, 1.165) is 13.0 Å². The van der Waals surface area contributed by atoms with Crippen molar-refractivity contribution in [2.45, 2.75) is 38.3 Å². The second kappa shape index (κ2) is 9.79. The largest absolute Gasteiger partial charge is 0.394 e. The molecule has 2 unspecified atom stereocenters. The van der Waals surface area contributed by atoms with E-state index >= 15 is 0 Å². The summed E-state index contributed by atoms with van der Waals surface area (Å²) in [7, 11) is 1.68. The first kappa shape index (κ1) is 16.8. The standard InChI is InChI=1S/C12H27NO4/c1-11(9-12(2,13)10-14)17-8-7-16-6-4-5-15-3/h11,14H,4-10,13H2,1-3H3. The molecule has 0 bridgehead atoms. The van der Waals surface area contributed by atoms with E-state index in [-0.39, 0.29) is 12.7 Å². The van der Waals surface area contributed by atoms with Crippen LogP contribution in [0.1, 0.15) is 26.7 Å². The molecular formula is C12H27NO4. The lowest BCUT2D eigenvalue weighted by atomic mass is 9.97. The molecule has 0 aliphatic carbocycles. The van der Waals surface area contributed by atoms with Crippen LogP contribution in [0.3, 0.4) is 0 Å². The first-order valence-corrected chi connectivity index (χ1v) is 6.10. The van der Waals surface area contributed by atoms with E-state index in [2.05, 4.69) is 0 Å². The molecule has 104 valence electrons. The summed E-state index contributed by atoms with van der Waals surface area (Å²) < 4.78 is 15.8. The molecule has 0 saturated carbocycles. The van der Waals surface area contributed by atoms with Crippen molar-refractivity contribution in [3.63, 3.8) is 0 Å². The van der Waals surface area contributed by atoms with E-state index < -0.39 is 5.54 Å². The Morgan fingerprint density at radius 1 is 1.24 bits per heavy atom. The minimum atomic E-state index is -0.571. The SMILES string of the molecule is COCCCOCCOC(C)CC(C)(N)CO. The molecule has 0 aromatic heterocycles. The maximum Gasteiger partial charge on any atom is 0.0704 e. The van der Waals surface area contributed by atoms with Crippen LogP contribution in [0.2, 0.25) is 0 Å². The maximum atomic E-state index is 9.02. The van der Waals surface area contributed by atoms with E-state index in [1.807, 2.05) is 13.8 Å². The molecule has 0 amide bonds. The molecule has 0 radical (unpaired) electrons. The molecule has 0 aliphatic rings. The Morgan fingerprint density at radius 2 is 1.94 bits per heavy atom. The van der Waals surface area contributed by atoms with Gasteiger partial charge in [-0.25, -0.2) is 0 Å². The fraction of sp³-hybridized carbons (Fsp3) is 1.00. The molecule has 5 heteroatoms. The zero-order chi connectivity index (χ0) is 13.1.